The van der Waals surface area contributed by atoms with E-state index in [1.54, 1.807) is 0 Å². The summed E-state index contributed by atoms with van der Waals surface area (Å²) < 4.78 is 0. The first kappa shape index (κ1) is 14.1. The minimum absolute atomic E-state index is 0.121. The third kappa shape index (κ3) is 3.82. The summed E-state index contributed by atoms with van der Waals surface area (Å²) in [6.45, 7) is 0.809. The Bertz CT molecular complexity index is 364. The molecule has 1 fully saturated rings. The van der Waals surface area contributed by atoms with Gasteiger partial charge in [0.2, 0.25) is 5.91 Å². The van der Waals surface area contributed by atoms with Crippen LogP contribution >= 0.6 is 0 Å². The second-order valence-electron chi connectivity index (χ2n) is 5.60. The summed E-state index contributed by atoms with van der Waals surface area (Å²) in [5.74, 6) is -0.395. The molecule has 106 valence electrons. The highest BCUT2D eigenvalue weighted by molar-refractivity contribution is 5.79. The van der Waals surface area contributed by atoms with Crippen molar-refractivity contribution in [2.75, 3.05) is 6.54 Å². The number of nitrogens with zero attached hydrogens (tertiary/aromatic N) is 1. The summed E-state index contributed by atoms with van der Waals surface area (Å²) in [7, 11) is 0. The Kier molecular flexibility index (Phi) is 5.00. The first-order valence-electron chi connectivity index (χ1n) is 7.35. The third-order valence-corrected chi connectivity index (χ3v) is 4.22. The van der Waals surface area contributed by atoms with E-state index < -0.39 is 5.97 Å². The van der Waals surface area contributed by atoms with Crippen LogP contribution in [0.25, 0.3) is 0 Å². The summed E-state index contributed by atoms with van der Waals surface area (Å²) >= 11 is 0. The molecule has 0 bridgehead atoms. The Hall–Kier alpha value is -1.32. The van der Waals surface area contributed by atoms with Gasteiger partial charge in [0.1, 0.15) is 0 Å². The molecule has 1 aliphatic carbocycles. The van der Waals surface area contributed by atoms with Crippen molar-refractivity contribution < 1.29 is 14.7 Å². The molecular weight excluding hydrogens is 242 g/mol. The van der Waals surface area contributed by atoms with E-state index in [9.17, 15) is 9.59 Å². The van der Waals surface area contributed by atoms with Crippen LogP contribution in [0.1, 0.15) is 51.4 Å². The molecule has 0 spiro atoms. The molecule has 1 heterocycles. The van der Waals surface area contributed by atoms with Gasteiger partial charge in [-0.05, 0) is 44.9 Å². The summed E-state index contributed by atoms with van der Waals surface area (Å²) in [5, 5.41) is 8.81. The number of carbonyl (C=O) groups is 2. The molecule has 1 amide bonds. The molecule has 0 aromatic heterocycles. The summed E-state index contributed by atoms with van der Waals surface area (Å²) in [6, 6.07) is 0.142. The van der Waals surface area contributed by atoms with E-state index in [0.717, 1.165) is 45.1 Å². The molecule has 1 aliphatic heterocycles. The fraction of sp³-hybridized carbons (Fsp3) is 0.733. The fourth-order valence-corrected chi connectivity index (χ4v) is 3.13. The molecule has 4 heteroatoms. The van der Waals surface area contributed by atoms with E-state index in [4.69, 9.17) is 5.11 Å². The number of piperidine rings is 1. The Balaban J connectivity index is 1.95. The van der Waals surface area contributed by atoms with Crippen LogP contribution in [0.5, 0.6) is 0 Å². The van der Waals surface area contributed by atoms with E-state index in [1.807, 2.05) is 4.90 Å². The summed E-state index contributed by atoms with van der Waals surface area (Å²) in [4.78, 5) is 25.2. The first-order chi connectivity index (χ1) is 9.18. The lowest BCUT2D eigenvalue weighted by Gasteiger charge is -2.38. The van der Waals surface area contributed by atoms with E-state index >= 15 is 0 Å². The van der Waals surface area contributed by atoms with Crippen molar-refractivity contribution in [1.29, 1.82) is 0 Å². The Labute approximate surface area is 114 Å². The van der Waals surface area contributed by atoms with Crippen LogP contribution in [0, 0.1) is 5.92 Å². The average molecular weight is 265 g/mol. The smallest absolute Gasteiger partial charge is 0.303 e. The highest BCUT2D eigenvalue weighted by atomic mass is 16.4. The van der Waals surface area contributed by atoms with Gasteiger partial charge in [-0.2, -0.15) is 0 Å². The maximum atomic E-state index is 12.6. The zero-order valence-corrected chi connectivity index (χ0v) is 11.4. The lowest BCUT2D eigenvalue weighted by Crippen LogP contribution is -2.46. The number of carboxylic acid groups (broad SMARTS) is 1. The number of hydrogen-bond acceptors (Lipinski definition) is 2. The van der Waals surface area contributed by atoms with Crippen molar-refractivity contribution in [1.82, 2.24) is 4.90 Å². The molecule has 19 heavy (non-hydrogen) atoms. The molecule has 0 saturated carbocycles. The van der Waals surface area contributed by atoms with Gasteiger partial charge in [-0.3, -0.25) is 9.59 Å². The Morgan fingerprint density at radius 1 is 1.21 bits per heavy atom. The van der Waals surface area contributed by atoms with Crippen molar-refractivity contribution >= 4 is 11.9 Å². The lowest BCUT2D eigenvalue weighted by molar-refractivity contribution is -0.142. The third-order valence-electron chi connectivity index (χ3n) is 4.22. The number of amides is 1. The predicted molar refractivity (Wildman–Crippen MR) is 72.7 cm³/mol. The van der Waals surface area contributed by atoms with Gasteiger partial charge >= 0.3 is 5.97 Å². The minimum atomic E-state index is -0.765. The Morgan fingerprint density at radius 3 is 2.74 bits per heavy atom. The number of carbonyl (C=O) groups excluding carboxylic acids is 1. The zero-order valence-electron chi connectivity index (χ0n) is 11.4. The van der Waals surface area contributed by atoms with Gasteiger partial charge < -0.3 is 10.0 Å². The molecule has 0 unspecified atom stereocenters. The van der Waals surface area contributed by atoms with Crippen molar-refractivity contribution in [2.45, 2.75) is 57.4 Å². The van der Waals surface area contributed by atoms with Crippen LogP contribution < -0.4 is 0 Å². The molecule has 0 aromatic carbocycles. The SMILES string of the molecule is O=C(O)CC[C@H]1CCCCN1C(=O)[C@@H]1CC=CCC1. The molecule has 2 atom stereocenters. The monoisotopic (exact) mass is 265 g/mol. The topological polar surface area (TPSA) is 57.6 Å². The van der Waals surface area contributed by atoms with Crippen LogP contribution in [0.4, 0.5) is 0 Å². The maximum absolute atomic E-state index is 12.6. The minimum Gasteiger partial charge on any atom is -0.481 e. The van der Waals surface area contributed by atoms with Crippen LogP contribution in [0.2, 0.25) is 0 Å². The molecule has 1 saturated heterocycles. The Morgan fingerprint density at radius 2 is 2.05 bits per heavy atom. The van der Waals surface area contributed by atoms with Gasteiger partial charge in [-0.15, -0.1) is 0 Å². The fourth-order valence-electron chi connectivity index (χ4n) is 3.13. The molecule has 4 nitrogen and oxygen atoms in total. The number of hydrogen-bond donors (Lipinski definition) is 1. The number of carboxylic acids is 1. The average Bonchev–Trinajstić information content (AvgIpc) is 2.45. The van der Waals surface area contributed by atoms with Gasteiger partial charge in [-0.25, -0.2) is 0 Å². The number of allylic oxidation sites excluding steroid dienone is 2. The molecule has 0 radical (unpaired) electrons. The highest BCUT2D eigenvalue weighted by Gasteiger charge is 2.31. The lowest BCUT2D eigenvalue weighted by atomic mass is 9.90. The van der Waals surface area contributed by atoms with Gasteiger partial charge in [0.15, 0.2) is 0 Å². The molecule has 2 rings (SSSR count). The van der Waals surface area contributed by atoms with Crippen LogP contribution in [0.3, 0.4) is 0 Å². The van der Waals surface area contributed by atoms with Gasteiger partial charge in [0, 0.05) is 24.9 Å². The molecule has 1 N–H and O–H groups in total. The second-order valence-corrected chi connectivity index (χ2v) is 5.60. The number of rotatable bonds is 4. The van der Waals surface area contributed by atoms with E-state index in [-0.39, 0.29) is 24.3 Å². The van der Waals surface area contributed by atoms with Crippen LogP contribution in [-0.4, -0.2) is 34.5 Å². The maximum Gasteiger partial charge on any atom is 0.303 e. The molecule has 2 aliphatic rings. The quantitative estimate of drug-likeness (QED) is 0.795. The normalized spacial score (nSPS) is 27.3. The number of likely N-dealkylation sites (tertiary alicyclic amines) is 1. The van der Waals surface area contributed by atoms with E-state index in [1.165, 1.54) is 0 Å². The van der Waals surface area contributed by atoms with Crippen LogP contribution in [0.15, 0.2) is 12.2 Å². The highest BCUT2D eigenvalue weighted by Crippen LogP contribution is 2.27. The first-order valence-corrected chi connectivity index (χ1v) is 7.35. The van der Waals surface area contributed by atoms with E-state index in [2.05, 4.69) is 12.2 Å². The van der Waals surface area contributed by atoms with Crippen LogP contribution in [-0.2, 0) is 9.59 Å². The van der Waals surface area contributed by atoms with Gasteiger partial charge in [0.25, 0.3) is 0 Å². The van der Waals surface area contributed by atoms with Crippen molar-refractivity contribution in [3.8, 4) is 0 Å². The van der Waals surface area contributed by atoms with Crippen molar-refractivity contribution in [3.63, 3.8) is 0 Å². The second kappa shape index (κ2) is 6.73. The van der Waals surface area contributed by atoms with Gasteiger partial charge in [-0.1, -0.05) is 12.2 Å². The van der Waals surface area contributed by atoms with Gasteiger partial charge in [0.05, 0.1) is 0 Å². The molecule has 0 aromatic rings. The summed E-state index contributed by atoms with van der Waals surface area (Å²) in [5.41, 5.74) is 0. The van der Waals surface area contributed by atoms with Crippen molar-refractivity contribution in [3.05, 3.63) is 12.2 Å². The van der Waals surface area contributed by atoms with Crippen molar-refractivity contribution in [2.24, 2.45) is 5.92 Å². The zero-order chi connectivity index (χ0) is 13.7. The van der Waals surface area contributed by atoms with E-state index in [0.29, 0.717) is 6.42 Å². The predicted octanol–water partition coefficient (Wildman–Crippen LogP) is 2.59. The largest absolute Gasteiger partial charge is 0.481 e. The molecular formula is C15H23NO3. The summed E-state index contributed by atoms with van der Waals surface area (Å²) in [6.07, 6.45) is 10.9. The standard InChI is InChI=1S/C15H23NO3/c17-14(18)10-9-13-8-4-5-11-16(13)15(19)12-6-2-1-3-7-12/h1-2,12-13H,3-11H2,(H,17,18)/t12-,13-/m1/s1. The number of aliphatic carboxylic acids is 1.